The average molecular weight is 908 g/mol. The number of piperidine rings is 2. The van der Waals surface area contributed by atoms with E-state index in [2.05, 4.69) is 65.0 Å². The zero-order chi connectivity index (χ0) is 44.3. The molecule has 63 heavy (non-hydrogen) atoms. The van der Waals surface area contributed by atoms with E-state index in [-0.39, 0.29) is 23.9 Å². The summed E-state index contributed by atoms with van der Waals surface area (Å²) in [6.07, 6.45) is 16.2. The number of pyridine rings is 2. The number of halogens is 4. The van der Waals surface area contributed by atoms with Gasteiger partial charge >= 0.3 is 5.97 Å². The number of methoxy groups -OCH3 is 3. The first-order valence-corrected chi connectivity index (χ1v) is 21.4. The molecule has 4 N–H and O–H groups in total. The minimum Gasteiger partial charge on any atom is -0.466 e. The van der Waals surface area contributed by atoms with Crippen molar-refractivity contribution in [2.24, 2.45) is 11.8 Å². The molecule has 6 aromatic rings. The van der Waals surface area contributed by atoms with E-state index >= 15 is 0 Å². The molecule has 8 heterocycles. The average Bonchev–Trinajstić information content (AvgIpc) is 3.92. The number of nitrogens with one attached hydrogen (secondary N) is 4. The van der Waals surface area contributed by atoms with Crippen molar-refractivity contribution >= 4 is 62.9 Å². The molecule has 0 bridgehead atoms. The number of aromatic amines is 2. The van der Waals surface area contributed by atoms with E-state index in [4.69, 9.17) is 32.7 Å². The van der Waals surface area contributed by atoms with Crippen molar-refractivity contribution in [3.63, 3.8) is 0 Å². The third-order valence-electron chi connectivity index (χ3n) is 11.0. The van der Waals surface area contributed by atoms with Gasteiger partial charge in [-0.3, -0.25) is 9.80 Å². The second-order valence-electron chi connectivity index (χ2n) is 15.4. The van der Waals surface area contributed by atoms with Crippen molar-refractivity contribution in [1.29, 1.82) is 0 Å². The van der Waals surface area contributed by atoms with Crippen LogP contribution in [-0.2, 0) is 19.0 Å². The molecule has 0 aromatic carbocycles. The first-order valence-electron chi connectivity index (χ1n) is 20.6. The molecule has 0 amide bonds. The van der Waals surface area contributed by atoms with E-state index in [1.54, 1.807) is 57.2 Å². The molecule has 2 aliphatic heterocycles. The number of ether oxygens (including phenoxy) is 3. The molecular formula is C43H50Cl2F2N12O4. The lowest BCUT2D eigenvalue weighted by Crippen LogP contribution is -2.42. The Hall–Kier alpha value is -5.37. The molecule has 334 valence electrons. The predicted octanol–water partition coefficient (Wildman–Crippen LogP) is 7.22. The zero-order valence-corrected chi connectivity index (χ0v) is 36.7. The second-order valence-corrected chi connectivity index (χ2v) is 16.3. The number of carbonyl (C=O) groups is 1. The summed E-state index contributed by atoms with van der Waals surface area (Å²) in [7, 11) is 4.65. The van der Waals surface area contributed by atoms with Crippen molar-refractivity contribution < 1.29 is 27.8 Å². The second kappa shape index (κ2) is 21.8. The van der Waals surface area contributed by atoms with Crippen LogP contribution in [0.1, 0.15) is 25.7 Å². The highest BCUT2D eigenvalue weighted by Crippen LogP contribution is 2.30. The van der Waals surface area contributed by atoms with E-state index in [1.807, 2.05) is 0 Å². The largest absolute Gasteiger partial charge is 0.466 e. The molecule has 6 aromatic heterocycles. The number of likely N-dealkylation sites (tertiary alicyclic amines) is 2. The first-order chi connectivity index (χ1) is 30.6. The molecule has 0 saturated carbocycles. The van der Waals surface area contributed by atoms with Crippen LogP contribution in [0.5, 0.6) is 0 Å². The molecule has 8 rings (SSSR count). The van der Waals surface area contributed by atoms with Gasteiger partial charge in [0.25, 0.3) is 0 Å². The number of esters is 1. The lowest BCUT2D eigenvalue weighted by atomic mass is 9.98. The third kappa shape index (κ3) is 12.0. The number of aromatic nitrogens is 8. The summed E-state index contributed by atoms with van der Waals surface area (Å²) in [6, 6.07) is 3.57. The minimum absolute atomic E-state index is 0.169. The fourth-order valence-electron chi connectivity index (χ4n) is 7.84. The van der Waals surface area contributed by atoms with Crippen molar-refractivity contribution in [1.82, 2.24) is 49.7 Å². The van der Waals surface area contributed by atoms with Crippen LogP contribution in [0, 0.1) is 23.5 Å². The Kier molecular flexibility index (Phi) is 15.8. The van der Waals surface area contributed by atoms with Gasteiger partial charge in [-0.15, -0.1) is 0 Å². The normalized spacial score (nSPS) is 17.3. The van der Waals surface area contributed by atoms with Crippen LogP contribution >= 0.6 is 23.2 Å². The number of carbonyl (C=O) groups excluding carboxylic acids is 1. The van der Waals surface area contributed by atoms with Gasteiger partial charge in [0, 0.05) is 106 Å². The maximum Gasteiger partial charge on any atom is 0.330 e. The maximum absolute atomic E-state index is 14.4. The van der Waals surface area contributed by atoms with Gasteiger partial charge in [-0.25, -0.2) is 43.5 Å². The van der Waals surface area contributed by atoms with Crippen LogP contribution in [0.2, 0.25) is 10.0 Å². The van der Waals surface area contributed by atoms with E-state index in [0.29, 0.717) is 76.6 Å². The summed E-state index contributed by atoms with van der Waals surface area (Å²) < 4.78 is 44.0. The van der Waals surface area contributed by atoms with Crippen molar-refractivity contribution in [3.8, 4) is 22.8 Å². The fourth-order valence-corrected chi connectivity index (χ4v) is 8.15. The Balaban J connectivity index is 0.000000189. The van der Waals surface area contributed by atoms with Crippen molar-refractivity contribution in [2.75, 3.05) is 84.3 Å². The van der Waals surface area contributed by atoms with Crippen LogP contribution in [-0.4, -0.2) is 136 Å². The summed E-state index contributed by atoms with van der Waals surface area (Å²) in [5, 5.41) is 8.91. The fraction of sp³-hybridized carbons (Fsp3) is 0.419. The van der Waals surface area contributed by atoms with Gasteiger partial charge in [0.2, 0.25) is 0 Å². The van der Waals surface area contributed by atoms with Crippen molar-refractivity contribution in [3.05, 3.63) is 83.1 Å². The van der Waals surface area contributed by atoms with Gasteiger partial charge in [-0.2, -0.15) is 0 Å². The molecule has 2 saturated heterocycles. The highest BCUT2D eigenvalue weighted by atomic mass is 35.5. The summed E-state index contributed by atoms with van der Waals surface area (Å²) in [5.41, 5.74) is 2.77. The Morgan fingerprint density at radius 2 is 1.30 bits per heavy atom. The SMILES string of the molecule is COC(=O)/C=C/CN1CCCC(CNc2nc(-c3c[nH]c4ncc(Cl)cc34)ncc2F)C1.COC(CN1CCCC(CNc2nc(-c3c[nH]c4ncc(Cl)cc34)ncc2F)C1)OC. The number of rotatable bonds is 15. The Morgan fingerprint density at radius 1 is 0.794 bits per heavy atom. The maximum atomic E-state index is 14.4. The molecule has 20 heteroatoms. The van der Waals surface area contributed by atoms with Crippen LogP contribution in [0.15, 0.2) is 61.5 Å². The Bertz CT molecular complexity index is 2500. The van der Waals surface area contributed by atoms with Gasteiger partial charge in [0.15, 0.2) is 41.2 Å². The number of fused-ring (bicyclic) bond motifs is 2. The number of hydrogen-bond acceptors (Lipinski definition) is 14. The van der Waals surface area contributed by atoms with E-state index < -0.39 is 11.6 Å². The van der Waals surface area contributed by atoms with Crippen LogP contribution in [0.4, 0.5) is 20.4 Å². The highest BCUT2D eigenvalue weighted by Gasteiger charge is 2.24. The Labute approximate surface area is 373 Å². The predicted molar refractivity (Wildman–Crippen MR) is 238 cm³/mol. The first kappa shape index (κ1) is 45.6. The lowest BCUT2D eigenvalue weighted by Gasteiger charge is -2.34. The van der Waals surface area contributed by atoms with Gasteiger partial charge in [-0.05, 0) is 62.7 Å². The van der Waals surface area contributed by atoms with Crippen molar-refractivity contribution in [2.45, 2.75) is 32.0 Å². The van der Waals surface area contributed by atoms with E-state index in [1.165, 1.54) is 25.6 Å². The van der Waals surface area contributed by atoms with E-state index in [9.17, 15) is 13.6 Å². The van der Waals surface area contributed by atoms with Crippen LogP contribution in [0.3, 0.4) is 0 Å². The summed E-state index contributed by atoms with van der Waals surface area (Å²) >= 11 is 12.2. The minimum atomic E-state index is -0.501. The van der Waals surface area contributed by atoms with Gasteiger partial charge in [0.1, 0.15) is 11.3 Å². The smallest absolute Gasteiger partial charge is 0.330 e. The summed E-state index contributed by atoms with van der Waals surface area (Å²) in [5.74, 6) is 0.532. The van der Waals surface area contributed by atoms with Gasteiger partial charge in [-0.1, -0.05) is 29.3 Å². The summed E-state index contributed by atoms with van der Waals surface area (Å²) in [6.45, 7) is 6.31. The number of anilines is 2. The third-order valence-corrected chi connectivity index (χ3v) is 11.5. The lowest BCUT2D eigenvalue weighted by molar-refractivity contribution is -0.134. The monoisotopic (exact) mass is 906 g/mol. The van der Waals surface area contributed by atoms with Gasteiger partial charge in [0.05, 0.1) is 29.5 Å². The number of H-pyrrole nitrogens is 2. The van der Waals surface area contributed by atoms with Gasteiger partial charge < -0.3 is 34.8 Å². The molecule has 0 spiro atoms. The van der Waals surface area contributed by atoms with Crippen LogP contribution < -0.4 is 10.6 Å². The molecule has 0 aliphatic carbocycles. The number of nitrogens with zero attached hydrogens (tertiary/aromatic N) is 8. The highest BCUT2D eigenvalue weighted by molar-refractivity contribution is 6.31. The molecule has 2 atom stereocenters. The zero-order valence-electron chi connectivity index (χ0n) is 35.2. The molecule has 2 fully saturated rings. The summed E-state index contributed by atoms with van der Waals surface area (Å²) in [4.78, 5) is 47.6. The topological polar surface area (TPSA) is 184 Å². The standard InChI is InChI=1S/C22H24ClFN6O2.C21H26ClFN6O2/c1-32-19(31)5-3-7-30-6-2-4-14(13-30)9-25-22-18(24)12-28-21(29-22)17-11-27-20-16(17)8-15(23)10-26-20;1-30-18(31-2)12-29-5-3-4-13(11-29)7-24-21-17(23)10-27-20(28-21)16-9-26-19-15(16)6-14(22)8-25-19/h3,5,8,10-12,14H,2,4,6-7,9,13H2,1H3,(H,26,27)(H,25,28,29);6,8-10,13,18H,3-5,7,11-12H2,1-2H3,(H,25,26)(H,24,27,28)/b5-3+;. The quantitative estimate of drug-likeness (QED) is 0.0460. The molecule has 2 aliphatic rings. The molecule has 2 unspecified atom stereocenters. The van der Waals surface area contributed by atoms with Crippen LogP contribution in [0.25, 0.3) is 44.8 Å². The molecule has 16 nitrogen and oxygen atoms in total. The Morgan fingerprint density at radius 3 is 1.81 bits per heavy atom. The molecule has 0 radical (unpaired) electrons. The van der Waals surface area contributed by atoms with E-state index in [0.717, 1.165) is 68.2 Å². The molecular weight excluding hydrogens is 857 g/mol. The number of hydrogen-bond donors (Lipinski definition) is 4.